The Hall–Kier alpha value is -1.48. The van der Waals surface area contributed by atoms with Gasteiger partial charge in [0.05, 0.1) is 16.2 Å². The molecule has 0 aliphatic rings. The van der Waals surface area contributed by atoms with E-state index in [2.05, 4.69) is 4.98 Å². The molecular weight excluding hydrogens is 188 g/mol. The van der Waals surface area contributed by atoms with Crippen molar-refractivity contribution in [1.29, 1.82) is 0 Å². The van der Waals surface area contributed by atoms with E-state index >= 15 is 0 Å². The molecule has 0 fully saturated rings. The monoisotopic (exact) mass is 194 g/mol. The summed E-state index contributed by atoms with van der Waals surface area (Å²) >= 11 is 5.87. The molecule has 66 valence electrons. The van der Waals surface area contributed by atoms with Crippen LogP contribution >= 0.6 is 11.6 Å². The van der Waals surface area contributed by atoms with Crippen LogP contribution in [0, 0.1) is 0 Å². The molecule has 13 heavy (non-hydrogen) atoms. The number of aromatic amines is 1. The van der Waals surface area contributed by atoms with Gasteiger partial charge in [-0.2, -0.15) is 0 Å². The molecule has 2 aromatic rings. The fourth-order valence-corrected chi connectivity index (χ4v) is 1.44. The number of nitrogen functional groups attached to an aromatic ring is 1. The van der Waals surface area contributed by atoms with Crippen molar-refractivity contribution in [3.8, 4) is 0 Å². The zero-order chi connectivity index (χ0) is 9.42. The summed E-state index contributed by atoms with van der Waals surface area (Å²) in [5.41, 5.74) is 5.98. The maximum Gasteiger partial charge on any atom is 0.271 e. The van der Waals surface area contributed by atoms with E-state index in [1.54, 1.807) is 12.1 Å². The van der Waals surface area contributed by atoms with Gasteiger partial charge in [-0.3, -0.25) is 4.79 Å². The zero-order valence-electron chi connectivity index (χ0n) is 6.67. The van der Waals surface area contributed by atoms with Crippen molar-refractivity contribution in [3.63, 3.8) is 0 Å². The van der Waals surface area contributed by atoms with Crippen LogP contribution in [0.3, 0.4) is 0 Å². The second-order valence-electron chi connectivity index (χ2n) is 2.76. The Morgan fingerprint density at radius 1 is 1.38 bits per heavy atom. The van der Waals surface area contributed by atoms with E-state index in [0.717, 1.165) is 5.39 Å². The fourth-order valence-electron chi connectivity index (χ4n) is 1.21. The molecule has 0 saturated carbocycles. The van der Waals surface area contributed by atoms with Crippen molar-refractivity contribution in [2.24, 2.45) is 0 Å². The lowest BCUT2D eigenvalue weighted by molar-refractivity contribution is 1.31. The summed E-state index contributed by atoms with van der Waals surface area (Å²) < 4.78 is 0. The largest absolute Gasteiger partial charge is 0.394 e. The molecule has 0 aliphatic heterocycles. The van der Waals surface area contributed by atoms with E-state index in [-0.39, 0.29) is 11.2 Å². The second kappa shape index (κ2) is 2.78. The minimum atomic E-state index is -0.305. The highest BCUT2D eigenvalue weighted by atomic mass is 35.5. The van der Waals surface area contributed by atoms with E-state index in [0.29, 0.717) is 10.5 Å². The number of para-hydroxylation sites is 1. The normalized spacial score (nSPS) is 10.5. The van der Waals surface area contributed by atoms with Gasteiger partial charge in [0.15, 0.2) is 0 Å². The van der Waals surface area contributed by atoms with Crippen molar-refractivity contribution in [2.45, 2.75) is 0 Å². The summed E-state index contributed by atoms with van der Waals surface area (Å²) in [4.78, 5) is 13.8. The van der Waals surface area contributed by atoms with Gasteiger partial charge in [-0.1, -0.05) is 23.7 Å². The smallest absolute Gasteiger partial charge is 0.271 e. The fraction of sp³-hybridized carbons (Fsp3) is 0. The first-order valence-electron chi connectivity index (χ1n) is 3.75. The Labute approximate surface area is 79.1 Å². The summed E-state index contributed by atoms with van der Waals surface area (Å²) in [6.45, 7) is 0. The lowest BCUT2D eigenvalue weighted by Crippen LogP contribution is -2.10. The average molecular weight is 195 g/mol. The third kappa shape index (κ3) is 1.27. The number of pyridine rings is 1. The van der Waals surface area contributed by atoms with E-state index in [1.807, 2.05) is 12.1 Å². The molecule has 0 bridgehead atoms. The van der Waals surface area contributed by atoms with Gasteiger partial charge in [0.25, 0.3) is 5.56 Å². The van der Waals surface area contributed by atoms with Gasteiger partial charge in [0.2, 0.25) is 0 Å². The number of fused-ring (bicyclic) bond motifs is 1. The van der Waals surface area contributed by atoms with Crippen LogP contribution in [-0.2, 0) is 0 Å². The van der Waals surface area contributed by atoms with E-state index in [1.165, 1.54) is 0 Å². The maximum atomic E-state index is 11.1. The molecule has 1 aromatic heterocycles. The lowest BCUT2D eigenvalue weighted by atomic mass is 10.2. The summed E-state index contributed by atoms with van der Waals surface area (Å²) in [6, 6.07) is 6.98. The van der Waals surface area contributed by atoms with Gasteiger partial charge in [-0.15, -0.1) is 0 Å². The standard InChI is InChI=1S/C9H7ClN2O/c10-6-3-1-2-5-4-7(11)9(13)12-8(5)6/h1-4H,11H2,(H,12,13). The van der Waals surface area contributed by atoms with Gasteiger partial charge in [-0.05, 0) is 12.1 Å². The number of hydrogen-bond acceptors (Lipinski definition) is 2. The van der Waals surface area contributed by atoms with Crippen molar-refractivity contribution in [1.82, 2.24) is 4.98 Å². The third-order valence-corrected chi connectivity index (χ3v) is 2.17. The first kappa shape index (κ1) is 8.13. The predicted octanol–water partition coefficient (Wildman–Crippen LogP) is 1.76. The van der Waals surface area contributed by atoms with Gasteiger partial charge in [0.1, 0.15) is 0 Å². The second-order valence-corrected chi connectivity index (χ2v) is 3.17. The van der Waals surface area contributed by atoms with E-state index in [9.17, 15) is 4.79 Å². The summed E-state index contributed by atoms with van der Waals surface area (Å²) in [5.74, 6) is 0. The SMILES string of the molecule is Nc1cc2cccc(Cl)c2[nH]c1=O. The van der Waals surface area contributed by atoms with Crippen LogP contribution in [0.1, 0.15) is 0 Å². The van der Waals surface area contributed by atoms with Crippen molar-refractivity contribution < 1.29 is 0 Å². The molecule has 0 spiro atoms. The Kier molecular flexibility index (Phi) is 1.74. The Bertz CT molecular complexity index is 518. The Balaban J connectivity index is 2.97. The molecule has 4 heteroatoms. The van der Waals surface area contributed by atoms with Crippen molar-refractivity contribution in [3.05, 3.63) is 39.6 Å². The molecule has 2 rings (SSSR count). The molecule has 3 N–H and O–H groups in total. The molecule has 1 heterocycles. The van der Waals surface area contributed by atoms with Gasteiger partial charge in [-0.25, -0.2) is 0 Å². The van der Waals surface area contributed by atoms with Crippen LogP contribution in [0.5, 0.6) is 0 Å². The van der Waals surface area contributed by atoms with E-state index < -0.39 is 0 Å². The Morgan fingerprint density at radius 3 is 2.92 bits per heavy atom. The van der Waals surface area contributed by atoms with Crippen molar-refractivity contribution in [2.75, 3.05) is 5.73 Å². The topological polar surface area (TPSA) is 58.9 Å². The number of benzene rings is 1. The zero-order valence-corrected chi connectivity index (χ0v) is 7.43. The molecule has 1 aromatic carbocycles. The highest BCUT2D eigenvalue weighted by Gasteiger charge is 2.01. The van der Waals surface area contributed by atoms with Crippen LogP contribution in [0.25, 0.3) is 10.9 Å². The first-order valence-corrected chi connectivity index (χ1v) is 4.13. The molecular formula is C9H7ClN2O. The molecule has 0 atom stereocenters. The maximum absolute atomic E-state index is 11.1. The van der Waals surface area contributed by atoms with Gasteiger partial charge < -0.3 is 10.7 Å². The number of H-pyrrole nitrogens is 1. The molecule has 0 saturated heterocycles. The highest BCUT2D eigenvalue weighted by molar-refractivity contribution is 6.35. The highest BCUT2D eigenvalue weighted by Crippen LogP contribution is 2.20. The predicted molar refractivity (Wildman–Crippen MR) is 54.0 cm³/mol. The quantitative estimate of drug-likeness (QED) is 0.672. The number of hydrogen-bond donors (Lipinski definition) is 2. The van der Waals surface area contributed by atoms with Crippen LogP contribution in [0.4, 0.5) is 5.69 Å². The molecule has 3 nitrogen and oxygen atoms in total. The Morgan fingerprint density at radius 2 is 2.15 bits per heavy atom. The lowest BCUT2D eigenvalue weighted by Gasteiger charge is -2.00. The van der Waals surface area contributed by atoms with Crippen LogP contribution in [0.15, 0.2) is 29.1 Å². The summed E-state index contributed by atoms with van der Waals surface area (Å²) in [5, 5.41) is 1.36. The minimum absolute atomic E-state index is 0.203. The summed E-state index contributed by atoms with van der Waals surface area (Å²) in [7, 11) is 0. The molecule has 0 aliphatic carbocycles. The number of aromatic nitrogens is 1. The van der Waals surface area contributed by atoms with Crippen LogP contribution < -0.4 is 11.3 Å². The number of halogens is 1. The minimum Gasteiger partial charge on any atom is -0.394 e. The molecule has 0 radical (unpaired) electrons. The number of nitrogens with one attached hydrogen (secondary N) is 1. The van der Waals surface area contributed by atoms with Gasteiger partial charge in [0, 0.05) is 5.39 Å². The molecule has 0 amide bonds. The van der Waals surface area contributed by atoms with Gasteiger partial charge >= 0.3 is 0 Å². The first-order chi connectivity index (χ1) is 6.18. The number of rotatable bonds is 0. The number of nitrogens with two attached hydrogens (primary N) is 1. The van der Waals surface area contributed by atoms with Crippen molar-refractivity contribution >= 4 is 28.2 Å². The molecule has 0 unspecified atom stereocenters. The van der Waals surface area contributed by atoms with E-state index in [4.69, 9.17) is 17.3 Å². The van der Waals surface area contributed by atoms with Crippen LogP contribution in [0.2, 0.25) is 5.02 Å². The van der Waals surface area contributed by atoms with Crippen LogP contribution in [-0.4, -0.2) is 4.98 Å². The third-order valence-electron chi connectivity index (χ3n) is 1.86. The average Bonchev–Trinajstić information content (AvgIpc) is 2.09. The number of anilines is 1. The summed E-state index contributed by atoms with van der Waals surface area (Å²) in [6.07, 6.45) is 0.